The van der Waals surface area contributed by atoms with Gasteiger partial charge in [-0.05, 0) is 12.1 Å². The fourth-order valence-electron chi connectivity index (χ4n) is 0.556. The topological polar surface area (TPSA) is 47.9 Å². The molecule has 0 saturated heterocycles. The summed E-state index contributed by atoms with van der Waals surface area (Å²) in [7, 11) is 0. The van der Waals surface area contributed by atoms with E-state index in [-0.39, 0.29) is 5.75 Å². The van der Waals surface area contributed by atoms with E-state index in [2.05, 4.69) is 5.73 Å². The standard InChI is InChI=1S/C6H7NO/c7-5-2-1-3-6(8)4-5/h1-4,8H,7H2/p+1. The van der Waals surface area contributed by atoms with E-state index in [0.717, 1.165) is 5.69 Å². The van der Waals surface area contributed by atoms with Crippen LogP contribution >= 0.6 is 0 Å². The lowest BCUT2D eigenvalue weighted by molar-refractivity contribution is -0.254. The van der Waals surface area contributed by atoms with Crippen LogP contribution in [0.15, 0.2) is 24.3 Å². The van der Waals surface area contributed by atoms with Gasteiger partial charge in [0.25, 0.3) is 0 Å². The third kappa shape index (κ3) is 0.978. The first-order valence-corrected chi connectivity index (χ1v) is 2.40. The average Bonchev–Trinajstić information content (AvgIpc) is 1.64. The molecule has 2 nitrogen and oxygen atoms in total. The van der Waals surface area contributed by atoms with Crippen LogP contribution in [0.4, 0.5) is 5.69 Å². The molecular weight excluding hydrogens is 102 g/mol. The molecule has 1 aromatic rings. The molecule has 1 rings (SSSR count). The van der Waals surface area contributed by atoms with Crippen molar-refractivity contribution in [2.45, 2.75) is 0 Å². The molecule has 0 aliphatic rings. The Morgan fingerprint density at radius 3 is 2.50 bits per heavy atom. The van der Waals surface area contributed by atoms with Crippen molar-refractivity contribution in [2.24, 2.45) is 0 Å². The Bertz CT molecular complexity index is 168. The summed E-state index contributed by atoms with van der Waals surface area (Å²) in [6, 6.07) is 6.83. The molecule has 4 N–H and O–H groups in total. The number of phenolic OH excluding ortho intramolecular Hbond substituents is 1. The highest BCUT2D eigenvalue weighted by Crippen LogP contribution is 2.09. The van der Waals surface area contributed by atoms with E-state index in [1.807, 2.05) is 6.07 Å². The van der Waals surface area contributed by atoms with Crippen LogP contribution in [0.1, 0.15) is 0 Å². The first-order valence-electron chi connectivity index (χ1n) is 2.40. The zero-order valence-electron chi connectivity index (χ0n) is 4.46. The third-order valence-electron chi connectivity index (χ3n) is 0.911. The number of rotatable bonds is 0. The molecule has 0 fully saturated rings. The highest BCUT2D eigenvalue weighted by molar-refractivity contribution is 5.35. The molecule has 0 spiro atoms. The Kier molecular flexibility index (Phi) is 1.18. The first-order chi connectivity index (χ1) is 3.79. The van der Waals surface area contributed by atoms with Gasteiger partial charge >= 0.3 is 0 Å². The van der Waals surface area contributed by atoms with Crippen molar-refractivity contribution in [3.05, 3.63) is 24.3 Å². The van der Waals surface area contributed by atoms with Gasteiger partial charge in [0.2, 0.25) is 0 Å². The van der Waals surface area contributed by atoms with E-state index in [0.29, 0.717) is 0 Å². The van der Waals surface area contributed by atoms with Gasteiger partial charge in [-0.25, -0.2) is 0 Å². The fraction of sp³-hybridized carbons (Fsp3) is 0. The second-order valence-corrected chi connectivity index (χ2v) is 1.67. The molecule has 2 heteroatoms. The summed E-state index contributed by atoms with van der Waals surface area (Å²) in [5.41, 5.74) is 4.46. The van der Waals surface area contributed by atoms with Crippen molar-refractivity contribution in [2.75, 3.05) is 0 Å². The zero-order valence-corrected chi connectivity index (χ0v) is 4.46. The molecule has 0 aromatic heterocycles. The van der Waals surface area contributed by atoms with E-state index in [4.69, 9.17) is 5.11 Å². The lowest BCUT2D eigenvalue weighted by Gasteiger charge is -1.86. The molecule has 0 heterocycles. The van der Waals surface area contributed by atoms with Gasteiger partial charge in [0.1, 0.15) is 11.4 Å². The summed E-state index contributed by atoms with van der Waals surface area (Å²) in [5.74, 6) is 0.275. The van der Waals surface area contributed by atoms with Gasteiger partial charge in [0.05, 0.1) is 0 Å². The first kappa shape index (κ1) is 5.12. The number of hydrogen-bond donors (Lipinski definition) is 2. The maximum atomic E-state index is 8.77. The quantitative estimate of drug-likeness (QED) is 0.494. The van der Waals surface area contributed by atoms with Gasteiger partial charge in [0.15, 0.2) is 0 Å². The normalized spacial score (nSPS) is 9.12. The predicted octanol–water partition coefficient (Wildman–Crippen LogP) is 0.266. The van der Waals surface area contributed by atoms with E-state index in [1.165, 1.54) is 0 Å². The molecule has 0 saturated carbocycles. The Balaban J connectivity index is 3.08. The minimum Gasteiger partial charge on any atom is -0.508 e. The summed E-state index contributed by atoms with van der Waals surface area (Å²) in [4.78, 5) is 0. The Hall–Kier alpha value is -1.02. The van der Waals surface area contributed by atoms with E-state index >= 15 is 0 Å². The highest BCUT2D eigenvalue weighted by atomic mass is 16.3. The van der Waals surface area contributed by atoms with Crippen molar-refractivity contribution in [1.82, 2.24) is 0 Å². The maximum absolute atomic E-state index is 8.77. The van der Waals surface area contributed by atoms with E-state index in [9.17, 15) is 0 Å². The minimum absolute atomic E-state index is 0.275. The van der Waals surface area contributed by atoms with Gasteiger partial charge < -0.3 is 10.8 Å². The zero-order chi connectivity index (χ0) is 5.98. The van der Waals surface area contributed by atoms with Crippen LogP contribution < -0.4 is 5.73 Å². The SMILES string of the molecule is [NH3+]c1cccc(O)c1. The smallest absolute Gasteiger partial charge is 0.131 e. The van der Waals surface area contributed by atoms with Crippen LogP contribution in [0.5, 0.6) is 5.75 Å². The van der Waals surface area contributed by atoms with Crippen LogP contribution in [0.2, 0.25) is 0 Å². The second kappa shape index (κ2) is 1.84. The Labute approximate surface area is 47.6 Å². The van der Waals surface area contributed by atoms with Gasteiger partial charge in [-0.1, -0.05) is 6.07 Å². The van der Waals surface area contributed by atoms with Crippen molar-refractivity contribution in [3.63, 3.8) is 0 Å². The molecule has 0 amide bonds. The number of phenols is 1. The van der Waals surface area contributed by atoms with Gasteiger partial charge in [-0.3, -0.25) is 0 Å². The summed E-state index contributed by atoms with van der Waals surface area (Å²) >= 11 is 0. The van der Waals surface area contributed by atoms with E-state index < -0.39 is 0 Å². The maximum Gasteiger partial charge on any atom is 0.131 e. The number of quaternary nitrogens is 1. The van der Waals surface area contributed by atoms with Crippen LogP contribution in [-0.2, 0) is 0 Å². The summed E-state index contributed by atoms with van der Waals surface area (Å²) < 4.78 is 0. The molecular formula is C6H8NO+. The molecule has 0 aliphatic carbocycles. The molecule has 42 valence electrons. The van der Waals surface area contributed by atoms with Crippen LogP contribution in [-0.4, -0.2) is 5.11 Å². The molecule has 0 atom stereocenters. The van der Waals surface area contributed by atoms with Crippen LogP contribution in [0.25, 0.3) is 0 Å². The van der Waals surface area contributed by atoms with Crippen molar-refractivity contribution in [1.29, 1.82) is 0 Å². The largest absolute Gasteiger partial charge is 0.508 e. The molecule has 0 radical (unpaired) electrons. The Morgan fingerprint density at radius 1 is 1.38 bits per heavy atom. The predicted molar refractivity (Wildman–Crippen MR) is 30.7 cm³/mol. The van der Waals surface area contributed by atoms with Crippen molar-refractivity contribution in [3.8, 4) is 5.75 Å². The van der Waals surface area contributed by atoms with Crippen molar-refractivity contribution >= 4 is 5.69 Å². The average molecular weight is 110 g/mol. The van der Waals surface area contributed by atoms with E-state index in [1.54, 1.807) is 18.2 Å². The van der Waals surface area contributed by atoms with Crippen LogP contribution in [0, 0.1) is 0 Å². The summed E-state index contributed by atoms with van der Waals surface area (Å²) in [5, 5.41) is 8.77. The van der Waals surface area contributed by atoms with Crippen LogP contribution in [0.3, 0.4) is 0 Å². The molecule has 0 unspecified atom stereocenters. The van der Waals surface area contributed by atoms with Crippen molar-refractivity contribution < 1.29 is 10.8 Å². The lowest BCUT2D eigenvalue weighted by Crippen LogP contribution is -2.39. The highest BCUT2D eigenvalue weighted by Gasteiger charge is 1.87. The number of hydrogen-bond acceptors (Lipinski definition) is 1. The fourth-order valence-corrected chi connectivity index (χ4v) is 0.556. The summed E-state index contributed by atoms with van der Waals surface area (Å²) in [6.07, 6.45) is 0. The molecule has 0 bridgehead atoms. The van der Waals surface area contributed by atoms with Gasteiger partial charge in [-0.2, -0.15) is 0 Å². The number of aromatic hydroxyl groups is 1. The second-order valence-electron chi connectivity index (χ2n) is 1.67. The Morgan fingerprint density at radius 2 is 2.12 bits per heavy atom. The lowest BCUT2D eigenvalue weighted by atomic mass is 10.3. The third-order valence-corrected chi connectivity index (χ3v) is 0.911. The summed E-state index contributed by atoms with van der Waals surface area (Å²) in [6.45, 7) is 0. The molecule has 0 aliphatic heterocycles. The number of benzene rings is 1. The monoisotopic (exact) mass is 110 g/mol. The minimum atomic E-state index is 0.275. The van der Waals surface area contributed by atoms with Gasteiger partial charge in [-0.15, -0.1) is 0 Å². The molecule has 8 heavy (non-hydrogen) atoms. The van der Waals surface area contributed by atoms with Gasteiger partial charge in [0, 0.05) is 6.07 Å². The molecule has 1 aromatic carbocycles.